The van der Waals surface area contributed by atoms with Gasteiger partial charge in [0.25, 0.3) is 5.79 Å². The zero-order valence-corrected chi connectivity index (χ0v) is 12.3. The molecule has 0 bridgehead atoms. The summed E-state index contributed by atoms with van der Waals surface area (Å²) >= 11 is 0. The standard InChI is InChI=1S/C17H18O4/c1-5-7-14(11(3)6-2)17(19)15-10-12(20-4)8-9-13(15)16(18)21-17/h5-10,19H,2H2,1,3-4H3/b7-5-,14-11+. The number of rotatable bonds is 4. The van der Waals surface area contributed by atoms with E-state index >= 15 is 0 Å². The summed E-state index contributed by atoms with van der Waals surface area (Å²) in [6.45, 7) is 7.33. The highest BCUT2D eigenvalue weighted by Crippen LogP contribution is 2.43. The van der Waals surface area contributed by atoms with E-state index in [0.717, 1.165) is 5.57 Å². The van der Waals surface area contributed by atoms with Crippen molar-refractivity contribution in [3.8, 4) is 5.75 Å². The van der Waals surface area contributed by atoms with Crippen molar-refractivity contribution >= 4 is 5.97 Å². The Labute approximate surface area is 124 Å². The summed E-state index contributed by atoms with van der Waals surface area (Å²) in [4.78, 5) is 12.0. The fourth-order valence-electron chi connectivity index (χ4n) is 2.34. The molecule has 0 aliphatic carbocycles. The molecule has 0 fully saturated rings. The number of benzene rings is 1. The number of carbonyl (C=O) groups is 1. The summed E-state index contributed by atoms with van der Waals surface area (Å²) in [6.07, 6.45) is 5.09. The highest BCUT2D eigenvalue weighted by Gasteiger charge is 2.47. The van der Waals surface area contributed by atoms with E-state index < -0.39 is 11.8 Å². The Morgan fingerprint density at radius 1 is 1.48 bits per heavy atom. The first-order valence-corrected chi connectivity index (χ1v) is 6.58. The number of allylic oxidation sites excluding steroid dienone is 3. The molecule has 21 heavy (non-hydrogen) atoms. The normalized spacial score (nSPS) is 21.8. The Morgan fingerprint density at radius 3 is 2.76 bits per heavy atom. The van der Waals surface area contributed by atoms with Crippen LogP contribution in [0.1, 0.15) is 29.8 Å². The number of carbonyl (C=O) groups excluding carboxylic acids is 1. The summed E-state index contributed by atoms with van der Waals surface area (Å²) in [5.41, 5.74) is 1.90. The zero-order valence-electron chi connectivity index (χ0n) is 12.3. The molecule has 1 aliphatic heterocycles. The van der Waals surface area contributed by atoms with Crippen LogP contribution in [-0.2, 0) is 10.5 Å². The van der Waals surface area contributed by atoms with Crippen molar-refractivity contribution in [3.63, 3.8) is 0 Å². The predicted molar refractivity (Wildman–Crippen MR) is 80.0 cm³/mol. The maximum atomic E-state index is 12.0. The van der Waals surface area contributed by atoms with E-state index in [9.17, 15) is 9.90 Å². The van der Waals surface area contributed by atoms with Crippen LogP contribution in [0.15, 0.2) is 54.2 Å². The first-order chi connectivity index (χ1) is 9.97. The van der Waals surface area contributed by atoms with Gasteiger partial charge in [0.2, 0.25) is 0 Å². The molecule has 1 heterocycles. The van der Waals surface area contributed by atoms with E-state index in [1.54, 1.807) is 43.4 Å². The molecule has 1 N–H and O–H groups in total. The van der Waals surface area contributed by atoms with E-state index in [4.69, 9.17) is 9.47 Å². The number of methoxy groups -OCH3 is 1. The van der Waals surface area contributed by atoms with E-state index in [-0.39, 0.29) is 0 Å². The van der Waals surface area contributed by atoms with E-state index in [1.807, 2.05) is 6.92 Å². The molecule has 0 radical (unpaired) electrons. The van der Waals surface area contributed by atoms with Crippen LogP contribution in [-0.4, -0.2) is 18.2 Å². The summed E-state index contributed by atoms with van der Waals surface area (Å²) < 4.78 is 10.4. The summed E-state index contributed by atoms with van der Waals surface area (Å²) in [5, 5.41) is 11.0. The van der Waals surface area contributed by atoms with E-state index in [2.05, 4.69) is 6.58 Å². The zero-order chi connectivity index (χ0) is 15.6. The number of hydrogen-bond donors (Lipinski definition) is 1. The van der Waals surface area contributed by atoms with Crippen molar-refractivity contribution in [2.24, 2.45) is 0 Å². The van der Waals surface area contributed by atoms with Crippen molar-refractivity contribution in [1.29, 1.82) is 0 Å². The maximum absolute atomic E-state index is 12.0. The number of cyclic esters (lactones) is 1. The number of esters is 1. The number of fused-ring (bicyclic) bond motifs is 1. The van der Waals surface area contributed by atoms with Gasteiger partial charge in [0, 0.05) is 11.1 Å². The molecule has 0 saturated carbocycles. The lowest BCUT2D eigenvalue weighted by molar-refractivity contribution is -0.130. The summed E-state index contributed by atoms with van der Waals surface area (Å²) in [6, 6.07) is 4.86. The molecule has 4 nitrogen and oxygen atoms in total. The van der Waals surface area contributed by atoms with Crippen molar-refractivity contribution in [2.45, 2.75) is 19.6 Å². The van der Waals surface area contributed by atoms with Gasteiger partial charge in [-0.15, -0.1) is 0 Å². The average molecular weight is 286 g/mol. The fourth-order valence-corrected chi connectivity index (χ4v) is 2.34. The third kappa shape index (κ3) is 2.38. The maximum Gasteiger partial charge on any atom is 0.341 e. The molecule has 1 unspecified atom stereocenters. The Kier molecular flexibility index (Phi) is 4.00. The van der Waals surface area contributed by atoms with Crippen LogP contribution in [0.3, 0.4) is 0 Å². The van der Waals surface area contributed by atoms with Gasteiger partial charge in [0.05, 0.1) is 12.7 Å². The molecule has 1 aliphatic rings. The average Bonchev–Trinajstić information content (AvgIpc) is 2.75. The van der Waals surface area contributed by atoms with Gasteiger partial charge in [0.15, 0.2) is 0 Å². The molecular weight excluding hydrogens is 268 g/mol. The molecule has 0 saturated heterocycles. The molecule has 0 aromatic heterocycles. The van der Waals surface area contributed by atoms with Gasteiger partial charge >= 0.3 is 5.97 Å². The highest BCUT2D eigenvalue weighted by molar-refractivity contribution is 5.95. The highest BCUT2D eigenvalue weighted by atomic mass is 16.7. The van der Waals surface area contributed by atoms with Crippen LogP contribution in [0.4, 0.5) is 0 Å². The van der Waals surface area contributed by atoms with Crippen molar-refractivity contribution in [3.05, 3.63) is 65.3 Å². The number of aliphatic hydroxyl groups is 1. The van der Waals surface area contributed by atoms with Gasteiger partial charge in [-0.3, -0.25) is 0 Å². The molecule has 4 heteroatoms. The van der Waals surface area contributed by atoms with Crippen LogP contribution in [0.25, 0.3) is 0 Å². The molecule has 2 rings (SSSR count). The van der Waals surface area contributed by atoms with Gasteiger partial charge in [0.1, 0.15) is 5.75 Å². The fraction of sp³-hybridized carbons (Fsp3) is 0.235. The minimum Gasteiger partial charge on any atom is -0.497 e. The molecular formula is C17H18O4. The lowest BCUT2D eigenvalue weighted by Crippen LogP contribution is -2.28. The molecule has 1 aromatic rings. The van der Waals surface area contributed by atoms with Crippen LogP contribution >= 0.6 is 0 Å². The quantitative estimate of drug-likeness (QED) is 0.682. The van der Waals surface area contributed by atoms with E-state index in [1.165, 1.54) is 7.11 Å². The molecule has 0 spiro atoms. The molecule has 1 aromatic carbocycles. The van der Waals surface area contributed by atoms with Gasteiger partial charge in [-0.05, 0) is 37.6 Å². The second kappa shape index (κ2) is 5.58. The Hall–Kier alpha value is -2.33. The Bertz CT molecular complexity index is 655. The molecule has 0 amide bonds. The predicted octanol–water partition coefficient (Wildman–Crippen LogP) is 3.09. The second-order valence-corrected chi connectivity index (χ2v) is 4.75. The van der Waals surface area contributed by atoms with Crippen molar-refractivity contribution < 1.29 is 19.4 Å². The van der Waals surface area contributed by atoms with Crippen LogP contribution in [0, 0.1) is 0 Å². The first kappa shape index (κ1) is 15.1. The monoisotopic (exact) mass is 286 g/mol. The Morgan fingerprint density at radius 2 is 2.19 bits per heavy atom. The third-order valence-electron chi connectivity index (χ3n) is 3.48. The minimum atomic E-state index is -1.83. The number of hydrogen-bond acceptors (Lipinski definition) is 4. The van der Waals surface area contributed by atoms with Crippen molar-refractivity contribution in [1.82, 2.24) is 0 Å². The Balaban J connectivity index is 2.70. The van der Waals surface area contributed by atoms with Crippen LogP contribution < -0.4 is 4.74 Å². The largest absolute Gasteiger partial charge is 0.497 e. The van der Waals surface area contributed by atoms with Crippen LogP contribution in [0.2, 0.25) is 0 Å². The number of ether oxygens (including phenoxy) is 2. The third-order valence-corrected chi connectivity index (χ3v) is 3.48. The smallest absolute Gasteiger partial charge is 0.341 e. The first-order valence-electron chi connectivity index (χ1n) is 6.58. The van der Waals surface area contributed by atoms with Gasteiger partial charge in [-0.25, -0.2) is 4.79 Å². The SMILES string of the molecule is C=C/C(C)=C(\C=C/C)C1(O)OC(=O)c2ccc(OC)cc21. The van der Waals surface area contributed by atoms with Gasteiger partial charge < -0.3 is 14.6 Å². The molecule has 1 atom stereocenters. The second-order valence-electron chi connectivity index (χ2n) is 4.75. The van der Waals surface area contributed by atoms with Crippen LogP contribution in [0.5, 0.6) is 5.75 Å². The summed E-state index contributed by atoms with van der Waals surface area (Å²) in [7, 11) is 1.52. The van der Waals surface area contributed by atoms with Gasteiger partial charge in [-0.1, -0.05) is 24.8 Å². The lowest BCUT2D eigenvalue weighted by atomic mass is 9.92. The van der Waals surface area contributed by atoms with Gasteiger partial charge in [-0.2, -0.15) is 0 Å². The minimum absolute atomic E-state index is 0.331. The van der Waals surface area contributed by atoms with Crippen molar-refractivity contribution in [2.75, 3.05) is 7.11 Å². The van der Waals surface area contributed by atoms with E-state index in [0.29, 0.717) is 22.4 Å². The molecule has 110 valence electrons. The topological polar surface area (TPSA) is 55.8 Å². The summed E-state index contributed by atoms with van der Waals surface area (Å²) in [5.74, 6) is -1.85. The lowest BCUT2D eigenvalue weighted by Gasteiger charge is -2.25.